The fraction of sp³-hybridized carbons (Fsp3) is 0.750. The minimum atomic E-state index is 0.746. The molecule has 0 aliphatic rings. The fourth-order valence-electron chi connectivity index (χ4n) is 0.780. The third kappa shape index (κ3) is 9.14. The number of carbonyl (C=O) groups excluding carboxylic acids is 1. The van der Waals surface area contributed by atoms with Gasteiger partial charge in [-0.05, 0) is 12.8 Å². The molecule has 0 aliphatic carbocycles. The molecule has 0 bridgehead atoms. The highest BCUT2D eigenvalue weighted by molar-refractivity contribution is 5.50. The zero-order valence-corrected chi connectivity index (χ0v) is 7.34. The molecule has 11 heavy (non-hydrogen) atoms. The van der Waals surface area contributed by atoms with Crippen LogP contribution in [0.1, 0.15) is 19.3 Å². The van der Waals surface area contributed by atoms with E-state index >= 15 is 0 Å². The number of carbonyl (C=O) groups is 1. The zero-order chi connectivity index (χ0) is 8.53. The summed E-state index contributed by atoms with van der Waals surface area (Å²) >= 11 is 0. The topological polar surface area (TPSA) is 32.1 Å². The minimum Gasteiger partial charge on any atom is -0.359 e. The standard InChI is InChI=1S/C8H16N2O/c1-10(2)7-5-3-4-6-9-8-11/h7-8H,3-6H2,1-2H3/p+1/i8+1,10+1. The van der Waals surface area contributed by atoms with Crippen molar-refractivity contribution in [1.29, 1.82) is 0 Å². The summed E-state index contributed by atoms with van der Waals surface area (Å²) in [4.78, 5) is 9.82. The van der Waals surface area contributed by atoms with Gasteiger partial charge >= 0.3 is 0 Å². The van der Waals surface area contributed by atoms with Gasteiger partial charge in [0.2, 0.25) is 6.41 Å². The highest BCUT2D eigenvalue weighted by atomic mass is 16.2. The zero-order valence-electron chi connectivity index (χ0n) is 7.34. The van der Waals surface area contributed by atoms with Crippen molar-refractivity contribution in [2.75, 3.05) is 20.6 Å². The van der Waals surface area contributed by atoms with Crippen LogP contribution in [-0.2, 0) is 4.79 Å². The summed E-state index contributed by atoms with van der Waals surface area (Å²) in [7, 11) is 4.04. The van der Waals surface area contributed by atoms with Crippen LogP contribution in [0.5, 0.6) is 0 Å². The van der Waals surface area contributed by atoms with Crippen molar-refractivity contribution in [3.8, 4) is 0 Å². The molecule has 1 amide bonds. The van der Waals surface area contributed by atoms with Crippen molar-refractivity contribution in [1.82, 2.24) is 5.32 Å². The van der Waals surface area contributed by atoms with E-state index in [1.807, 2.05) is 18.7 Å². The van der Waals surface area contributed by atoms with E-state index in [-0.39, 0.29) is 0 Å². The summed E-state index contributed by atoms with van der Waals surface area (Å²) in [5, 5.41) is 2.63. The molecule has 0 saturated carbocycles. The first-order valence-electron chi connectivity index (χ1n) is 3.94. The number of hydrogen-bond acceptors (Lipinski definition) is 1. The molecule has 64 valence electrons. The lowest BCUT2D eigenvalue weighted by atomic mass is 10.2. The molecule has 0 saturated heterocycles. The third-order valence-corrected chi connectivity index (χ3v) is 1.35. The molecule has 0 fully saturated rings. The van der Waals surface area contributed by atoms with Gasteiger partial charge in [-0.1, -0.05) is 0 Å². The summed E-state index contributed by atoms with van der Waals surface area (Å²) < 4.78 is 2.05. The molecule has 0 radical (unpaired) electrons. The highest BCUT2D eigenvalue weighted by Gasteiger charge is 1.88. The Bertz CT molecular complexity index is 128. The fourth-order valence-corrected chi connectivity index (χ4v) is 0.780. The molecule has 0 aromatic carbocycles. The van der Waals surface area contributed by atoms with E-state index in [1.165, 1.54) is 0 Å². The Balaban J connectivity index is 3.02. The van der Waals surface area contributed by atoms with Gasteiger partial charge in [-0.3, -0.25) is 4.79 Å². The molecule has 0 rings (SSSR count). The summed E-state index contributed by atoms with van der Waals surface area (Å²) in [6.07, 6.45) is 6.17. The maximum Gasteiger partial charge on any atom is 0.207 e. The first-order valence-corrected chi connectivity index (χ1v) is 3.94. The molecule has 0 unspecified atom stereocenters. The maximum atomic E-state index is 9.82. The van der Waals surface area contributed by atoms with Crippen molar-refractivity contribution in [3.63, 3.8) is 0 Å². The lowest BCUT2D eigenvalue weighted by Crippen LogP contribution is -2.11. The van der Waals surface area contributed by atoms with E-state index < -0.39 is 0 Å². The Morgan fingerprint density at radius 3 is 2.64 bits per heavy atom. The molecule has 0 aliphatic heterocycles. The van der Waals surface area contributed by atoms with Gasteiger partial charge < -0.3 is 5.32 Å². The van der Waals surface area contributed by atoms with Crippen LogP contribution in [0.3, 0.4) is 0 Å². The van der Waals surface area contributed by atoms with E-state index in [0.29, 0.717) is 0 Å². The largest absolute Gasteiger partial charge is 0.359 e. The molecular weight excluding hydrogens is 142 g/mol. The van der Waals surface area contributed by atoms with Gasteiger partial charge in [-0.2, -0.15) is 0 Å². The second-order valence-corrected chi connectivity index (χ2v) is 2.71. The molecular formula is C8H17N2O+. The molecule has 3 nitrogen and oxygen atoms in total. The van der Waals surface area contributed by atoms with Crippen LogP contribution in [0.15, 0.2) is 0 Å². The normalized spacial score (nSPS) is 8.91. The Morgan fingerprint density at radius 2 is 2.09 bits per heavy atom. The van der Waals surface area contributed by atoms with Crippen LogP contribution in [-0.4, -0.2) is 37.8 Å². The van der Waals surface area contributed by atoms with Crippen LogP contribution < -0.4 is 5.32 Å². The molecule has 0 atom stereocenters. The first-order chi connectivity index (χ1) is 5.27. The van der Waals surface area contributed by atoms with Crippen LogP contribution in [0.4, 0.5) is 0 Å². The number of nitrogens with zero attached hydrogens (tertiary/aromatic N) is 1. The quantitative estimate of drug-likeness (QED) is 0.148. The van der Waals surface area contributed by atoms with Crippen molar-refractivity contribution in [2.24, 2.45) is 0 Å². The lowest BCUT2D eigenvalue weighted by Gasteiger charge is -1.94. The van der Waals surface area contributed by atoms with Crippen LogP contribution >= 0.6 is 0 Å². The number of hydrogen-bond donors (Lipinski definition) is 1. The number of amides is 1. The second kappa shape index (κ2) is 7.25. The predicted molar refractivity (Wildman–Crippen MR) is 46.1 cm³/mol. The van der Waals surface area contributed by atoms with E-state index in [4.69, 9.17) is 0 Å². The van der Waals surface area contributed by atoms with Gasteiger partial charge in [0.05, 0.1) is 0 Å². The van der Waals surface area contributed by atoms with Crippen LogP contribution in [0, 0.1) is 0 Å². The first kappa shape index (κ1) is 10.1. The Kier molecular flexibility index (Phi) is 6.68. The molecule has 1 N–H and O–H groups in total. The van der Waals surface area contributed by atoms with E-state index in [0.717, 1.165) is 32.2 Å². The van der Waals surface area contributed by atoms with E-state index in [1.54, 1.807) is 0 Å². The summed E-state index contributed by atoms with van der Waals surface area (Å²) in [5.74, 6) is 0. The van der Waals surface area contributed by atoms with Crippen molar-refractivity contribution in [3.05, 3.63) is 0 Å². The monoisotopic (exact) mass is 159 g/mol. The lowest BCUT2D eigenvalue weighted by molar-refractivity contribution is -0.460. The smallest absolute Gasteiger partial charge is 0.207 e. The van der Waals surface area contributed by atoms with Gasteiger partial charge in [0, 0.05) is 13.0 Å². The van der Waals surface area contributed by atoms with Crippen molar-refractivity contribution >= 4 is 12.6 Å². The molecule has 0 aromatic rings. The predicted octanol–water partition coefficient (Wildman–Crippen LogP) is 0.246. The Labute approximate surface area is 68.1 Å². The van der Waals surface area contributed by atoms with Gasteiger partial charge in [0.25, 0.3) is 0 Å². The van der Waals surface area contributed by atoms with E-state index in [2.05, 4.69) is 11.5 Å². The summed E-state index contributed by atoms with van der Waals surface area (Å²) in [6, 6.07) is 0. The average Bonchev–Trinajstić information content (AvgIpc) is 1.96. The van der Waals surface area contributed by atoms with Gasteiger partial charge in [-0.15, -0.1) is 0 Å². The SMILES string of the molecule is C[15N+](C)=CCCCCN[13CH]=O. The Morgan fingerprint density at radius 1 is 1.36 bits per heavy atom. The van der Waals surface area contributed by atoms with Crippen LogP contribution in [0.2, 0.25) is 0 Å². The maximum absolute atomic E-state index is 9.82. The average molecular weight is 159 g/mol. The van der Waals surface area contributed by atoms with Crippen LogP contribution in [0.25, 0.3) is 0 Å². The highest BCUT2D eigenvalue weighted by Crippen LogP contribution is 1.89. The molecule has 0 spiro atoms. The van der Waals surface area contributed by atoms with Crippen molar-refractivity contribution < 1.29 is 9.37 Å². The number of nitrogens with one attached hydrogen (secondary N) is 1. The number of unbranched alkanes of at least 4 members (excludes halogenated alkanes) is 2. The molecule has 3 heteroatoms. The summed E-state index contributed by atoms with van der Waals surface area (Å²) in [5.41, 5.74) is 0. The summed E-state index contributed by atoms with van der Waals surface area (Å²) in [6.45, 7) is 0.796. The molecule has 0 heterocycles. The van der Waals surface area contributed by atoms with Crippen molar-refractivity contribution in [2.45, 2.75) is 19.3 Å². The van der Waals surface area contributed by atoms with Gasteiger partial charge in [-0.25, -0.2) is 4.58 Å². The third-order valence-electron chi connectivity index (χ3n) is 1.35. The van der Waals surface area contributed by atoms with E-state index in [9.17, 15) is 4.79 Å². The Hall–Kier alpha value is -0.860. The number of rotatable bonds is 6. The molecule has 0 aromatic heterocycles. The van der Waals surface area contributed by atoms with Gasteiger partial charge in [0.1, 0.15) is 20.3 Å². The minimum absolute atomic E-state index is 0.746. The van der Waals surface area contributed by atoms with Gasteiger partial charge in [0.15, 0.2) is 0 Å². The second-order valence-electron chi connectivity index (χ2n) is 2.71.